The van der Waals surface area contributed by atoms with Crippen LogP contribution in [0.25, 0.3) is 0 Å². The number of urea groups is 1. The van der Waals surface area contributed by atoms with Gasteiger partial charge in [0.2, 0.25) is 0 Å². The van der Waals surface area contributed by atoms with Crippen molar-refractivity contribution < 1.29 is 18.9 Å². The normalized spacial score (nSPS) is 26.1. The zero-order valence-electron chi connectivity index (χ0n) is 9.91. The summed E-state index contributed by atoms with van der Waals surface area (Å²) in [6, 6.07) is -0.955. The molecule has 2 amide bonds. The Kier molecular flexibility index (Phi) is 4.50. The van der Waals surface area contributed by atoms with Gasteiger partial charge >= 0.3 is 12.0 Å². The molecule has 1 atom stereocenters. The first kappa shape index (κ1) is 13.7. The van der Waals surface area contributed by atoms with E-state index < -0.39 is 22.8 Å². The number of aliphatic carboxylic acids is 1. The molecule has 2 fully saturated rings. The van der Waals surface area contributed by atoms with Crippen LogP contribution in [-0.4, -0.2) is 79.8 Å². The summed E-state index contributed by atoms with van der Waals surface area (Å²) in [6.45, 7) is 1.39. The smallest absolute Gasteiger partial charge is 0.327 e. The molecule has 0 aliphatic carbocycles. The molecule has 0 aromatic carbocycles. The molecule has 0 radical (unpaired) electrons. The Morgan fingerprint density at radius 3 is 2.50 bits per heavy atom. The fourth-order valence-electron chi connectivity index (χ4n) is 2.05. The molecular formula is C10H16N2O4S2. The number of carboxylic acid groups (broad SMARTS) is 1. The van der Waals surface area contributed by atoms with Gasteiger partial charge in [-0.3, -0.25) is 4.21 Å². The monoisotopic (exact) mass is 292 g/mol. The largest absolute Gasteiger partial charge is 0.480 e. The Balaban J connectivity index is 2.02. The highest BCUT2D eigenvalue weighted by atomic mass is 32.2. The van der Waals surface area contributed by atoms with E-state index in [4.69, 9.17) is 5.11 Å². The highest BCUT2D eigenvalue weighted by molar-refractivity contribution is 7.99. The van der Waals surface area contributed by atoms with E-state index in [0.717, 1.165) is 5.75 Å². The van der Waals surface area contributed by atoms with Gasteiger partial charge < -0.3 is 14.9 Å². The average Bonchev–Trinajstić information content (AvgIpc) is 2.39. The minimum atomic E-state index is -0.948. The number of thioether (sulfide) groups is 1. The van der Waals surface area contributed by atoms with Gasteiger partial charge in [0.15, 0.2) is 0 Å². The van der Waals surface area contributed by atoms with Crippen LogP contribution in [0.5, 0.6) is 0 Å². The third-order valence-electron chi connectivity index (χ3n) is 3.11. The summed E-state index contributed by atoms with van der Waals surface area (Å²) >= 11 is 1.56. The van der Waals surface area contributed by atoms with E-state index in [-0.39, 0.29) is 6.03 Å². The second kappa shape index (κ2) is 5.92. The number of carbonyl (C=O) groups excluding carboxylic acids is 1. The SMILES string of the molecule is O=C(O)C1CSCCN1C(=O)N1CCS(=O)CC1. The molecule has 0 aromatic heterocycles. The van der Waals surface area contributed by atoms with Crippen LogP contribution in [0.1, 0.15) is 0 Å². The summed E-state index contributed by atoms with van der Waals surface area (Å²) in [5.41, 5.74) is 0. The first-order chi connectivity index (χ1) is 8.59. The van der Waals surface area contributed by atoms with Gasteiger partial charge in [0.25, 0.3) is 0 Å². The third kappa shape index (κ3) is 2.97. The Hall–Kier alpha value is -0.760. The molecule has 6 nitrogen and oxygen atoms in total. The van der Waals surface area contributed by atoms with Crippen molar-refractivity contribution in [1.82, 2.24) is 9.80 Å². The highest BCUT2D eigenvalue weighted by Crippen LogP contribution is 2.19. The Morgan fingerprint density at radius 2 is 1.89 bits per heavy atom. The van der Waals surface area contributed by atoms with Crippen molar-refractivity contribution in [1.29, 1.82) is 0 Å². The second-order valence-corrected chi connectivity index (χ2v) is 7.09. The van der Waals surface area contributed by atoms with Crippen LogP contribution in [0.15, 0.2) is 0 Å². The Bertz CT molecular complexity index is 367. The van der Waals surface area contributed by atoms with Crippen molar-refractivity contribution in [2.45, 2.75) is 6.04 Å². The number of nitrogens with zero attached hydrogens (tertiary/aromatic N) is 2. The molecule has 2 saturated heterocycles. The van der Waals surface area contributed by atoms with Crippen LogP contribution >= 0.6 is 11.8 Å². The Morgan fingerprint density at radius 1 is 1.22 bits per heavy atom. The summed E-state index contributed by atoms with van der Waals surface area (Å²) in [5, 5.41) is 9.12. The Labute approximate surface area is 112 Å². The van der Waals surface area contributed by atoms with E-state index >= 15 is 0 Å². The van der Waals surface area contributed by atoms with Crippen molar-refractivity contribution in [3.05, 3.63) is 0 Å². The molecule has 8 heteroatoms. The number of carboxylic acids is 1. The summed E-state index contributed by atoms with van der Waals surface area (Å²) < 4.78 is 11.2. The standard InChI is InChI=1S/C10H16N2O4S2/c13-9(14)8-7-17-4-1-12(8)10(15)11-2-5-18(16)6-3-11/h8H,1-7H2,(H,13,14). The van der Waals surface area contributed by atoms with E-state index in [0.29, 0.717) is 36.9 Å². The maximum atomic E-state index is 12.3. The maximum absolute atomic E-state index is 12.3. The number of rotatable bonds is 1. The van der Waals surface area contributed by atoms with Crippen LogP contribution in [-0.2, 0) is 15.6 Å². The minimum absolute atomic E-state index is 0.223. The van der Waals surface area contributed by atoms with Gasteiger partial charge in [-0.25, -0.2) is 9.59 Å². The molecule has 2 aliphatic rings. The molecule has 102 valence electrons. The van der Waals surface area contributed by atoms with Gasteiger partial charge in [-0.2, -0.15) is 11.8 Å². The molecule has 2 rings (SSSR count). The van der Waals surface area contributed by atoms with Crippen LogP contribution < -0.4 is 0 Å². The first-order valence-electron chi connectivity index (χ1n) is 5.80. The summed E-state index contributed by atoms with van der Waals surface area (Å²) in [7, 11) is -0.833. The van der Waals surface area contributed by atoms with E-state index in [9.17, 15) is 13.8 Å². The first-order valence-corrected chi connectivity index (χ1v) is 8.45. The zero-order valence-corrected chi connectivity index (χ0v) is 11.5. The molecular weight excluding hydrogens is 276 g/mol. The molecule has 0 spiro atoms. The van der Waals surface area contributed by atoms with Crippen molar-refractivity contribution in [3.63, 3.8) is 0 Å². The van der Waals surface area contributed by atoms with Gasteiger partial charge in [-0.05, 0) is 0 Å². The van der Waals surface area contributed by atoms with Crippen LogP contribution in [0, 0.1) is 0 Å². The van der Waals surface area contributed by atoms with Gasteiger partial charge in [-0.15, -0.1) is 0 Å². The minimum Gasteiger partial charge on any atom is -0.480 e. The summed E-state index contributed by atoms with van der Waals surface area (Å²) in [6.07, 6.45) is 0. The lowest BCUT2D eigenvalue weighted by molar-refractivity contribution is -0.141. The van der Waals surface area contributed by atoms with Gasteiger partial charge in [0, 0.05) is 53.4 Å². The molecule has 0 saturated carbocycles. The van der Waals surface area contributed by atoms with Crippen molar-refractivity contribution in [3.8, 4) is 0 Å². The predicted molar refractivity (Wildman–Crippen MR) is 70.3 cm³/mol. The third-order valence-corrected chi connectivity index (χ3v) is 5.41. The second-order valence-electron chi connectivity index (χ2n) is 4.24. The summed E-state index contributed by atoms with van der Waals surface area (Å²) in [5.74, 6) is 1.25. The van der Waals surface area contributed by atoms with E-state index in [1.54, 1.807) is 16.7 Å². The van der Waals surface area contributed by atoms with E-state index in [1.807, 2.05) is 0 Å². The maximum Gasteiger partial charge on any atom is 0.327 e. The molecule has 0 bridgehead atoms. The molecule has 18 heavy (non-hydrogen) atoms. The fourth-order valence-corrected chi connectivity index (χ4v) is 4.14. The fraction of sp³-hybridized carbons (Fsp3) is 0.800. The number of hydrogen-bond donors (Lipinski definition) is 1. The van der Waals surface area contributed by atoms with Crippen LogP contribution in [0.2, 0.25) is 0 Å². The number of carbonyl (C=O) groups is 2. The van der Waals surface area contributed by atoms with Gasteiger partial charge in [0.05, 0.1) is 0 Å². The van der Waals surface area contributed by atoms with Crippen molar-refractivity contribution >= 4 is 34.6 Å². The van der Waals surface area contributed by atoms with Crippen LogP contribution in [0.3, 0.4) is 0 Å². The lowest BCUT2D eigenvalue weighted by atomic mass is 10.3. The number of hydrogen-bond acceptors (Lipinski definition) is 4. The van der Waals surface area contributed by atoms with Crippen molar-refractivity contribution in [2.24, 2.45) is 0 Å². The lowest BCUT2D eigenvalue weighted by Gasteiger charge is -2.37. The summed E-state index contributed by atoms with van der Waals surface area (Å²) in [4.78, 5) is 26.4. The zero-order chi connectivity index (χ0) is 13.1. The van der Waals surface area contributed by atoms with E-state index in [2.05, 4.69) is 0 Å². The number of amides is 2. The molecule has 2 heterocycles. The van der Waals surface area contributed by atoms with Crippen LogP contribution in [0.4, 0.5) is 4.79 Å². The average molecular weight is 292 g/mol. The molecule has 1 N–H and O–H groups in total. The molecule has 0 aromatic rings. The predicted octanol–water partition coefficient (Wildman–Crippen LogP) is -0.327. The molecule has 1 unspecified atom stereocenters. The van der Waals surface area contributed by atoms with Gasteiger partial charge in [0.1, 0.15) is 6.04 Å². The van der Waals surface area contributed by atoms with Gasteiger partial charge in [-0.1, -0.05) is 0 Å². The van der Waals surface area contributed by atoms with Crippen molar-refractivity contribution in [2.75, 3.05) is 42.6 Å². The highest BCUT2D eigenvalue weighted by Gasteiger charge is 2.35. The topological polar surface area (TPSA) is 77.9 Å². The quantitative estimate of drug-likeness (QED) is 0.716. The molecule has 2 aliphatic heterocycles. The lowest BCUT2D eigenvalue weighted by Crippen LogP contribution is -2.56. The van der Waals surface area contributed by atoms with E-state index in [1.165, 1.54) is 4.90 Å².